The molecule has 0 spiro atoms. The van der Waals surface area contributed by atoms with Gasteiger partial charge in [0.2, 0.25) is 0 Å². The second-order valence-electron chi connectivity index (χ2n) is 5.25. The normalized spacial score (nSPS) is 10.3. The predicted molar refractivity (Wildman–Crippen MR) is 89.1 cm³/mol. The summed E-state index contributed by atoms with van der Waals surface area (Å²) in [7, 11) is 0. The molecular weight excluding hydrogens is 304 g/mol. The third-order valence-electron chi connectivity index (χ3n) is 3.46. The van der Waals surface area contributed by atoms with E-state index in [1.807, 2.05) is 54.6 Å². The van der Waals surface area contributed by atoms with Crippen LogP contribution in [-0.4, -0.2) is 22.4 Å². The average Bonchev–Trinajstić information content (AvgIpc) is 3.14. The Bertz CT molecular complexity index is 743. The van der Waals surface area contributed by atoms with Crippen LogP contribution in [0.15, 0.2) is 77.5 Å². The van der Waals surface area contributed by atoms with Gasteiger partial charge in [-0.2, -0.15) is 0 Å². The van der Waals surface area contributed by atoms with Crippen LogP contribution in [0.3, 0.4) is 0 Å². The molecule has 0 N–H and O–H groups in total. The SMILES string of the molecule is O=C(COc1ccccc1)N(Cc1ccccn1)Cc1ccco1. The van der Waals surface area contributed by atoms with Crippen LogP contribution in [0.1, 0.15) is 11.5 Å². The lowest BCUT2D eigenvalue weighted by atomic mass is 10.3. The largest absolute Gasteiger partial charge is 0.484 e. The van der Waals surface area contributed by atoms with Crippen molar-refractivity contribution < 1.29 is 13.9 Å². The minimum Gasteiger partial charge on any atom is -0.484 e. The highest BCUT2D eigenvalue weighted by atomic mass is 16.5. The fourth-order valence-electron chi connectivity index (χ4n) is 2.26. The van der Waals surface area contributed by atoms with Gasteiger partial charge < -0.3 is 14.1 Å². The fourth-order valence-corrected chi connectivity index (χ4v) is 2.26. The van der Waals surface area contributed by atoms with Gasteiger partial charge >= 0.3 is 0 Å². The molecular formula is C19H18N2O3. The molecule has 1 aromatic carbocycles. The van der Waals surface area contributed by atoms with E-state index >= 15 is 0 Å². The molecule has 0 unspecified atom stereocenters. The van der Waals surface area contributed by atoms with Gasteiger partial charge in [0.15, 0.2) is 6.61 Å². The van der Waals surface area contributed by atoms with Gasteiger partial charge in [0.05, 0.1) is 25.0 Å². The molecule has 122 valence electrons. The highest BCUT2D eigenvalue weighted by Crippen LogP contribution is 2.12. The summed E-state index contributed by atoms with van der Waals surface area (Å²) < 4.78 is 10.9. The molecule has 24 heavy (non-hydrogen) atoms. The molecule has 5 heteroatoms. The van der Waals surface area contributed by atoms with Crippen molar-refractivity contribution in [3.63, 3.8) is 0 Å². The Kier molecular flexibility index (Phi) is 5.24. The van der Waals surface area contributed by atoms with Crippen LogP contribution < -0.4 is 4.74 Å². The van der Waals surface area contributed by atoms with E-state index in [0.29, 0.717) is 18.8 Å². The van der Waals surface area contributed by atoms with E-state index in [0.717, 1.165) is 11.5 Å². The van der Waals surface area contributed by atoms with Crippen LogP contribution in [0.4, 0.5) is 0 Å². The summed E-state index contributed by atoms with van der Waals surface area (Å²) in [6.07, 6.45) is 3.31. The molecule has 0 aliphatic carbocycles. The summed E-state index contributed by atoms with van der Waals surface area (Å²) in [5.41, 5.74) is 0.817. The molecule has 0 aliphatic heterocycles. The van der Waals surface area contributed by atoms with E-state index < -0.39 is 0 Å². The molecule has 0 atom stereocenters. The van der Waals surface area contributed by atoms with Gasteiger partial charge in [0, 0.05) is 6.20 Å². The first-order valence-corrected chi connectivity index (χ1v) is 7.69. The molecule has 0 saturated heterocycles. The van der Waals surface area contributed by atoms with Crippen molar-refractivity contribution in [2.75, 3.05) is 6.61 Å². The molecule has 0 aliphatic rings. The third-order valence-corrected chi connectivity index (χ3v) is 3.46. The van der Waals surface area contributed by atoms with Crippen LogP contribution in [0, 0.1) is 0 Å². The van der Waals surface area contributed by atoms with E-state index in [4.69, 9.17) is 9.15 Å². The predicted octanol–water partition coefficient (Wildman–Crippen LogP) is 3.28. The van der Waals surface area contributed by atoms with Crippen molar-refractivity contribution in [2.24, 2.45) is 0 Å². The van der Waals surface area contributed by atoms with E-state index in [9.17, 15) is 4.79 Å². The smallest absolute Gasteiger partial charge is 0.261 e. The molecule has 3 aromatic rings. The number of carbonyl (C=O) groups is 1. The standard InChI is InChI=1S/C19H18N2O3/c22-19(15-24-17-8-2-1-3-9-17)21(14-18-10-6-12-23-18)13-16-7-4-5-11-20-16/h1-12H,13-15H2. The molecule has 3 rings (SSSR count). The highest BCUT2D eigenvalue weighted by molar-refractivity contribution is 5.77. The Morgan fingerprint density at radius 2 is 1.83 bits per heavy atom. The van der Waals surface area contributed by atoms with Crippen LogP contribution in [0.25, 0.3) is 0 Å². The number of hydrogen-bond donors (Lipinski definition) is 0. The number of aromatic nitrogens is 1. The van der Waals surface area contributed by atoms with Crippen molar-refractivity contribution in [2.45, 2.75) is 13.1 Å². The van der Waals surface area contributed by atoms with Gasteiger partial charge in [-0.25, -0.2) is 0 Å². The maximum absolute atomic E-state index is 12.6. The second-order valence-corrected chi connectivity index (χ2v) is 5.25. The minimum atomic E-state index is -0.124. The Morgan fingerprint density at radius 3 is 2.54 bits per heavy atom. The number of para-hydroxylation sites is 1. The summed E-state index contributed by atoms with van der Waals surface area (Å²) in [5, 5.41) is 0. The lowest BCUT2D eigenvalue weighted by Crippen LogP contribution is -2.34. The summed E-state index contributed by atoms with van der Waals surface area (Å²) >= 11 is 0. The van der Waals surface area contributed by atoms with Crippen LogP contribution in [0.5, 0.6) is 5.75 Å². The molecule has 1 amide bonds. The number of amides is 1. The minimum absolute atomic E-state index is 0.0302. The Morgan fingerprint density at radius 1 is 1.00 bits per heavy atom. The van der Waals surface area contributed by atoms with Gasteiger partial charge in [-0.1, -0.05) is 24.3 Å². The van der Waals surface area contributed by atoms with Crippen LogP contribution >= 0.6 is 0 Å². The van der Waals surface area contributed by atoms with Crippen LogP contribution in [-0.2, 0) is 17.9 Å². The maximum atomic E-state index is 12.6. The zero-order chi connectivity index (χ0) is 16.6. The number of nitrogens with zero attached hydrogens (tertiary/aromatic N) is 2. The first kappa shape index (κ1) is 15.8. The lowest BCUT2D eigenvalue weighted by molar-refractivity contribution is -0.135. The Balaban J connectivity index is 1.67. The summed E-state index contributed by atoms with van der Waals surface area (Å²) in [4.78, 5) is 18.5. The zero-order valence-electron chi connectivity index (χ0n) is 13.2. The molecule has 0 fully saturated rings. The molecule has 0 radical (unpaired) electrons. The summed E-state index contributed by atoms with van der Waals surface area (Å²) in [6.45, 7) is 0.747. The molecule has 2 heterocycles. The molecule has 0 saturated carbocycles. The average molecular weight is 322 g/mol. The van der Waals surface area contributed by atoms with Gasteiger partial charge in [-0.15, -0.1) is 0 Å². The fraction of sp³-hybridized carbons (Fsp3) is 0.158. The van der Waals surface area contributed by atoms with Crippen molar-refractivity contribution in [1.82, 2.24) is 9.88 Å². The van der Waals surface area contributed by atoms with E-state index in [1.54, 1.807) is 23.4 Å². The number of ether oxygens (including phenoxy) is 1. The molecule has 0 bridgehead atoms. The number of rotatable bonds is 7. The van der Waals surface area contributed by atoms with Crippen molar-refractivity contribution in [3.8, 4) is 5.75 Å². The number of benzene rings is 1. The van der Waals surface area contributed by atoms with Crippen LogP contribution in [0.2, 0.25) is 0 Å². The first-order valence-electron chi connectivity index (χ1n) is 7.69. The number of furan rings is 1. The Hall–Kier alpha value is -3.08. The highest BCUT2D eigenvalue weighted by Gasteiger charge is 2.17. The van der Waals surface area contributed by atoms with Crippen molar-refractivity contribution in [3.05, 3.63) is 84.6 Å². The van der Waals surface area contributed by atoms with E-state index in [2.05, 4.69) is 4.98 Å². The monoisotopic (exact) mass is 322 g/mol. The van der Waals surface area contributed by atoms with Gasteiger partial charge in [0.25, 0.3) is 5.91 Å². The maximum Gasteiger partial charge on any atom is 0.261 e. The van der Waals surface area contributed by atoms with Gasteiger partial charge in [-0.3, -0.25) is 9.78 Å². The number of pyridine rings is 1. The molecule has 2 aromatic heterocycles. The second kappa shape index (κ2) is 7.97. The first-order chi connectivity index (χ1) is 11.8. The quantitative estimate of drug-likeness (QED) is 0.670. The van der Waals surface area contributed by atoms with E-state index in [-0.39, 0.29) is 12.5 Å². The molecule has 5 nitrogen and oxygen atoms in total. The zero-order valence-corrected chi connectivity index (χ0v) is 13.2. The van der Waals surface area contributed by atoms with Crippen molar-refractivity contribution >= 4 is 5.91 Å². The summed E-state index contributed by atoms with van der Waals surface area (Å²) in [6, 6.07) is 18.6. The summed E-state index contributed by atoms with van der Waals surface area (Å²) in [5.74, 6) is 1.27. The Labute approximate surface area is 140 Å². The van der Waals surface area contributed by atoms with Crippen molar-refractivity contribution in [1.29, 1.82) is 0 Å². The number of carbonyl (C=O) groups excluding carboxylic acids is 1. The van der Waals surface area contributed by atoms with E-state index in [1.165, 1.54) is 0 Å². The lowest BCUT2D eigenvalue weighted by Gasteiger charge is -2.21. The van der Waals surface area contributed by atoms with Gasteiger partial charge in [-0.05, 0) is 36.4 Å². The number of hydrogen-bond acceptors (Lipinski definition) is 4. The topological polar surface area (TPSA) is 55.6 Å². The van der Waals surface area contributed by atoms with Gasteiger partial charge in [0.1, 0.15) is 11.5 Å². The third kappa shape index (κ3) is 4.46.